The Hall–Kier alpha value is -1.22. The summed E-state index contributed by atoms with van der Waals surface area (Å²) < 4.78 is 0. The zero-order valence-electron chi connectivity index (χ0n) is 9.95. The molecule has 0 radical (unpaired) electrons. The predicted molar refractivity (Wildman–Crippen MR) is 70.2 cm³/mol. The summed E-state index contributed by atoms with van der Waals surface area (Å²) in [7, 11) is 0. The van der Waals surface area contributed by atoms with Crippen LogP contribution in [0.1, 0.15) is 36.5 Å². The first kappa shape index (κ1) is 12.2. The standard InChI is InChI=1S/C13H17ClN2O/c1-2-8-16(9-6-7-9)13(17)10-4-3-5-11(15)12(10)14/h3-5,9H,2,6-8,15H2,1H3. The van der Waals surface area contributed by atoms with E-state index in [9.17, 15) is 4.79 Å². The van der Waals surface area contributed by atoms with E-state index in [1.807, 2.05) is 4.90 Å². The minimum Gasteiger partial charge on any atom is -0.398 e. The topological polar surface area (TPSA) is 46.3 Å². The predicted octanol–water partition coefficient (Wildman–Crippen LogP) is 2.94. The van der Waals surface area contributed by atoms with Gasteiger partial charge in [-0.25, -0.2) is 0 Å². The van der Waals surface area contributed by atoms with Crippen molar-refractivity contribution in [2.24, 2.45) is 0 Å². The minimum atomic E-state index is 0.00616. The van der Waals surface area contributed by atoms with Gasteiger partial charge in [0, 0.05) is 12.6 Å². The lowest BCUT2D eigenvalue weighted by molar-refractivity contribution is 0.0743. The lowest BCUT2D eigenvalue weighted by atomic mass is 10.1. The number of amides is 1. The fourth-order valence-electron chi connectivity index (χ4n) is 1.95. The van der Waals surface area contributed by atoms with Crippen molar-refractivity contribution in [1.82, 2.24) is 4.90 Å². The molecule has 1 fully saturated rings. The van der Waals surface area contributed by atoms with Crippen LogP contribution in [0.15, 0.2) is 18.2 Å². The Balaban J connectivity index is 2.25. The minimum absolute atomic E-state index is 0.00616. The van der Waals surface area contributed by atoms with Crippen LogP contribution in [0, 0.1) is 0 Å². The van der Waals surface area contributed by atoms with Crippen molar-refractivity contribution < 1.29 is 4.79 Å². The average Bonchev–Trinajstić information content (AvgIpc) is 3.13. The highest BCUT2D eigenvalue weighted by molar-refractivity contribution is 6.36. The number of nitrogen functional groups attached to an aromatic ring is 1. The zero-order valence-corrected chi connectivity index (χ0v) is 10.7. The van der Waals surface area contributed by atoms with Gasteiger partial charge in [-0.05, 0) is 31.4 Å². The van der Waals surface area contributed by atoms with Gasteiger partial charge in [0.15, 0.2) is 0 Å². The quantitative estimate of drug-likeness (QED) is 0.838. The molecule has 0 heterocycles. The summed E-state index contributed by atoms with van der Waals surface area (Å²) in [5.41, 5.74) is 6.70. The maximum atomic E-state index is 12.4. The third kappa shape index (κ3) is 2.55. The Bertz CT molecular complexity index is 429. The fourth-order valence-corrected chi connectivity index (χ4v) is 2.15. The second-order valence-corrected chi connectivity index (χ2v) is 4.82. The van der Waals surface area contributed by atoms with Crippen molar-refractivity contribution in [3.63, 3.8) is 0 Å². The maximum Gasteiger partial charge on any atom is 0.255 e. The first-order chi connectivity index (χ1) is 8.15. The van der Waals surface area contributed by atoms with E-state index < -0.39 is 0 Å². The van der Waals surface area contributed by atoms with Crippen LogP contribution in [0.25, 0.3) is 0 Å². The molecule has 0 spiro atoms. The largest absolute Gasteiger partial charge is 0.398 e. The molecule has 2 rings (SSSR count). The van der Waals surface area contributed by atoms with Crippen molar-refractivity contribution in [1.29, 1.82) is 0 Å². The second kappa shape index (κ2) is 4.96. The van der Waals surface area contributed by atoms with Crippen LogP contribution in [0.5, 0.6) is 0 Å². The van der Waals surface area contributed by atoms with Gasteiger partial charge in [-0.3, -0.25) is 4.79 Å². The van der Waals surface area contributed by atoms with Crippen molar-refractivity contribution in [3.8, 4) is 0 Å². The number of anilines is 1. The Morgan fingerprint density at radius 2 is 2.24 bits per heavy atom. The molecule has 17 heavy (non-hydrogen) atoms. The van der Waals surface area contributed by atoms with Crippen LogP contribution >= 0.6 is 11.6 Å². The number of nitrogens with zero attached hydrogens (tertiary/aromatic N) is 1. The molecular weight excluding hydrogens is 236 g/mol. The fraction of sp³-hybridized carbons (Fsp3) is 0.462. The molecule has 1 saturated carbocycles. The van der Waals surface area contributed by atoms with E-state index in [2.05, 4.69) is 6.92 Å². The number of hydrogen-bond acceptors (Lipinski definition) is 2. The number of carbonyl (C=O) groups is 1. The molecule has 0 unspecified atom stereocenters. The molecule has 0 saturated heterocycles. The average molecular weight is 253 g/mol. The van der Waals surface area contributed by atoms with Gasteiger partial charge in [-0.2, -0.15) is 0 Å². The van der Waals surface area contributed by atoms with E-state index >= 15 is 0 Å². The van der Waals surface area contributed by atoms with Crippen molar-refractivity contribution in [3.05, 3.63) is 28.8 Å². The van der Waals surface area contributed by atoms with Gasteiger partial charge >= 0.3 is 0 Å². The van der Waals surface area contributed by atoms with Gasteiger partial charge in [0.2, 0.25) is 0 Å². The van der Waals surface area contributed by atoms with E-state index in [0.29, 0.717) is 22.3 Å². The molecule has 1 aliphatic carbocycles. The zero-order chi connectivity index (χ0) is 12.4. The number of nitrogens with two attached hydrogens (primary N) is 1. The summed E-state index contributed by atoms with van der Waals surface area (Å²) in [6.45, 7) is 2.86. The van der Waals surface area contributed by atoms with Crippen molar-refractivity contribution in [2.75, 3.05) is 12.3 Å². The van der Waals surface area contributed by atoms with E-state index in [1.165, 1.54) is 0 Å². The molecule has 2 N–H and O–H groups in total. The molecule has 1 aliphatic rings. The molecule has 1 amide bonds. The number of halogens is 1. The highest BCUT2D eigenvalue weighted by atomic mass is 35.5. The first-order valence-corrected chi connectivity index (χ1v) is 6.38. The number of carbonyl (C=O) groups excluding carboxylic acids is 1. The lowest BCUT2D eigenvalue weighted by Crippen LogP contribution is -2.34. The summed E-state index contributed by atoms with van der Waals surface area (Å²) in [5.74, 6) is 0.00616. The number of hydrogen-bond donors (Lipinski definition) is 1. The van der Waals surface area contributed by atoms with Gasteiger partial charge in [-0.1, -0.05) is 24.6 Å². The summed E-state index contributed by atoms with van der Waals surface area (Å²) in [6.07, 6.45) is 3.17. The summed E-state index contributed by atoms with van der Waals surface area (Å²) in [5, 5.41) is 0.374. The lowest BCUT2D eigenvalue weighted by Gasteiger charge is -2.22. The highest BCUT2D eigenvalue weighted by Crippen LogP contribution is 2.31. The second-order valence-electron chi connectivity index (χ2n) is 4.44. The molecule has 3 nitrogen and oxygen atoms in total. The Kier molecular flexibility index (Phi) is 3.57. The number of benzene rings is 1. The molecule has 0 aliphatic heterocycles. The third-order valence-electron chi connectivity index (χ3n) is 2.97. The normalized spacial score (nSPS) is 14.7. The third-order valence-corrected chi connectivity index (χ3v) is 3.39. The smallest absolute Gasteiger partial charge is 0.255 e. The highest BCUT2D eigenvalue weighted by Gasteiger charge is 2.33. The van der Waals surface area contributed by atoms with Gasteiger partial charge in [-0.15, -0.1) is 0 Å². The SMILES string of the molecule is CCCN(C(=O)c1cccc(N)c1Cl)C1CC1. The van der Waals surface area contributed by atoms with Crippen LogP contribution in [0.4, 0.5) is 5.69 Å². The molecule has 92 valence electrons. The maximum absolute atomic E-state index is 12.4. The van der Waals surface area contributed by atoms with Gasteiger partial charge in [0.1, 0.15) is 0 Å². The Morgan fingerprint density at radius 1 is 1.53 bits per heavy atom. The molecular formula is C13H17ClN2O. The number of rotatable bonds is 4. The monoisotopic (exact) mass is 252 g/mol. The molecule has 1 aromatic rings. The molecule has 1 aromatic carbocycles. The van der Waals surface area contributed by atoms with E-state index in [1.54, 1.807) is 18.2 Å². The van der Waals surface area contributed by atoms with Crippen LogP contribution < -0.4 is 5.73 Å². The van der Waals surface area contributed by atoms with E-state index in [-0.39, 0.29) is 5.91 Å². The van der Waals surface area contributed by atoms with E-state index in [4.69, 9.17) is 17.3 Å². The van der Waals surface area contributed by atoms with Crippen LogP contribution in [0.2, 0.25) is 5.02 Å². The molecule has 0 aromatic heterocycles. The summed E-state index contributed by atoms with van der Waals surface area (Å²) in [6, 6.07) is 5.62. The Morgan fingerprint density at radius 3 is 2.82 bits per heavy atom. The van der Waals surface area contributed by atoms with Crippen LogP contribution in [-0.4, -0.2) is 23.4 Å². The molecule has 4 heteroatoms. The van der Waals surface area contributed by atoms with Gasteiger partial charge in [0.25, 0.3) is 5.91 Å². The van der Waals surface area contributed by atoms with Gasteiger partial charge in [0.05, 0.1) is 16.3 Å². The van der Waals surface area contributed by atoms with E-state index in [0.717, 1.165) is 25.8 Å². The summed E-state index contributed by atoms with van der Waals surface area (Å²) >= 11 is 6.08. The summed E-state index contributed by atoms with van der Waals surface area (Å²) in [4.78, 5) is 14.3. The van der Waals surface area contributed by atoms with Crippen molar-refractivity contribution in [2.45, 2.75) is 32.2 Å². The first-order valence-electron chi connectivity index (χ1n) is 6.00. The van der Waals surface area contributed by atoms with Gasteiger partial charge < -0.3 is 10.6 Å². The van der Waals surface area contributed by atoms with Crippen LogP contribution in [-0.2, 0) is 0 Å². The molecule has 0 atom stereocenters. The Labute approximate surface area is 107 Å². The van der Waals surface area contributed by atoms with Crippen molar-refractivity contribution >= 4 is 23.2 Å². The molecule has 0 bridgehead atoms. The van der Waals surface area contributed by atoms with Crippen LogP contribution in [0.3, 0.4) is 0 Å².